The molecule has 27 heavy (non-hydrogen) atoms. The number of benzene rings is 3. The summed E-state index contributed by atoms with van der Waals surface area (Å²) in [7, 11) is 0. The van der Waals surface area contributed by atoms with E-state index in [-0.39, 0.29) is 0 Å². The lowest BCUT2D eigenvalue weighted by atomic mass is 10.0. The molecule has 2 aliphatic rings. The van der Waals surface area contributed by atoms with Gasteiger partial charge in [-0.25, -0.2) is 0 Å². The van der Waals surface area contributed by atoms with Crippen LogP contribution in [-0.4, -0.2) is 31.3 Å². The van der Waals surface area contributed by atoms with Crippen molar-refractivity contribution in [2.24, 2.45) is 0 Å². The van der Waals surface area contributed by atoms with Crippen LogP contribution < -0.4 is 15.4 Å². The second-order valence-corrected chi connectivity index (χ2v) is 6.33. The molecule has 3 aromatic rings. The molecular weight excluding hydrogens is 336 g/mol. The molecule has 0 atom stereocenters. The summed E-state index contributed by atoms with van der Waals surface area (Å²) in [5, 5.41) is 15.1. The maximum Gasteiger partial charge on any atom is 0.130 e. The van der Waals surface area contributed by atoms with Crippen LogP contribution in [0.15, 0.2) is 78.9 Å². The van der Waals surface area contributed by atoms with E-state index in [9.17, 15) is 0 Å². The quantitative estimate of drug-likeness (QED) is 0.443. The molecule has 0 spiro atoms. The normalized spacial score (nSPS) is 14.1. The Balaban J connectivity index is 0.000000135. The number of fused-ring (bicyclic) bond motifs is 2. The summed E-state index contributed by atoms with van der Waals surface area (Å²) < 4.78 is 5.78. The van der Waals surface area contributed by atoms with Gasteiger partial charge in [-0.15, -0.1) is 0 Å². The first-order valence-corrected chi connectivity index (χ1v) is 9.32. The Morgan fingerprint density at radius 3 is 1.44 bits per heavy atom. The molecule has 1 saturated heterocycles. The van der Waals surface area contributed by atoms with Crippen LogP contribution in [0.5, 0.6) is 17.2 Å². The maximum absolute atomic E-state index is 8.63. The van der Waals surface area contributed by atoms with Crippen molar-refractivity contribution < 1.29 is 9.84 Å². The summed E-state index contributed by atoms with van der Waals surface area (Å²) in [6.07, 6.45) is 0.979. The molecule has 0 bridgehead atoms. The lowest BCUT2D eigenvalue weighted by Crippen LogP contribution is -2.39. The van der Waals surface area contributed by atoms with E-state index >= 15 is 0 Å². The smallest absolute Gasteiger partial charge is 0.130 e. The number of hydrogen-bond donors (Lipinski definition) is 3. The molecular formula is C23H26N2O2. The van der Waals surface area contributed by atoms with Crippen molar-refractivity contribution in [3.63, 3.8) is 0 Å². The summed E-state index contributed by atoms with van der Waals surface area (Å²) in [5.41, 5.74) is 2.54. The van der Waals surface area contributed by atoms with Gasteiger partial charge in [0.2, 0.25) is 0 Å². The zero-order valence-electron chi connectivity index (χ0n) is 15.4. The highest BCUT2D eigenvalue weighted by Gasteiger charge is 2.14. The third kappa shape index (κ3) is 6.13. The summed E-state index contributed by atoms with van der Waals surface area (Å²) >= 11 is 0. The molecule has 3 aromatic carbocycles. The van der Waals surface area contributed by atoms with Crippen molar-refractivity contribution in [1.29, 1.82) is 0 Å². The monoisotopic (exact) mass is 362 g/mol. The largest absolute Gasteiger partial charge is 0.508 e. The molecule has 3 N–H and O–H groups in total. The maximum atomic E-state index is 8.63. The average molecular weight is 362 g/mol. The Morgan fingerprint density at radius 1 is 0.593 bits per heavy atom. The van der Waals surface area contributed by atoms with E-state index in [1.807, 2.05) is 30.3 Å². The summed E-state index contributed by atoms with van der Waals surface area (Å²) in [4.78, 5) is 0. The molecule has 1 fully saturated rings. The molecule has 0 saturated carbocycles. The van der Waals surface area contributed by atoms with Gasteiger partial charge in [0.25, 0.3) is 0 Å². The Kier molecular flexibility index (Phi) is 7.27. The zero-order valence-corrected chi connectivity index (χ0v) is 15.4. The van der Waals surface area contributed by atoms with Gasteiger partial charge < -0.3 is 20.5 Å². The number of piperazine rings is 1. The van der Waals surface area contributed by atoms with Gasteiger partial charge in [-0.2, -0.15) is 0 Å². The number of rotatable bonds is 0. The number of phenolic OH excluding ortho intramolecular Hbond substituents is 1. The van der Waals surface area contributed by atoms with E-state index in [4.69, 9.17) is 9.84 Å². The van der Waals surface area contributed by atoms with Crippen LogP contribution in [0.25, 0.3) is 0 Å². The SMILES string of the molecule is C1CNCCN1.Oc1ccccc1.c1ccc2c(c1)Cc1ccccc1O2. The molecule has 0 unspecified atom stereocenters. The van der Waals surface area contributed by atoms with E-state index in [1.54, 1.807) is 24.3 Å². The van der Waals surface area contributed by atoms with Gasteiger partial charge >= 0.3 is 0 Å². The summed E-state index contributed by atoms with van der Waals surface area (Å²) in [6, 6.07) is 25.1. The minimum absolute atomic E-state index is 0.322. The second kappa shape index (κ2) is 10.4. The van der Waals surface area contributed by atoms with Crippen molar-refractivity contribution >= 4 is 0 Å². The van der Waals surface area contributed by atoms with Crippen LogP contribution >= 0.6 is 0 Å². The number of ether oxygens (including phenoxy) is 1. The number of phenols is 1. The first-order chi connectivity index (χ1) is 13.3. The fraction of sp³-hybridized carbons (Fsp3) is 0.217. The molecule has 0 aromatic heterocycles. The fourth-order valence-corrected chi connectivity index (χ4v) is 2.85. The van der Waals surface area contributed by atoms with E-state index in [1.165, 1.54) is 11.1 Å². The minimum Gasteiger partial charge on any atom is -0.508 e. The fourth-order valence-electron chi connectivity index (χ4n) is 2.85. The lowest BCUT2D eigenvalue weighted by molar-refractivity contribution is 0.460. The van der Waals surface area contributed by atoms with Crippen molar-refractivity contribution in [2.75, 3.05) is 26.2 Å². The third-order valence-corrected chi connectivity index (χ3v) is 4.26. The standard InChI is InChI=1S/C13H10O.C6H6O.C4H10N2/c1-3-7-12-10(5-1)9-11-6-2-4-8-13(11)14-12;7-6-4-2-1-3-5-6;1-2-6-4-3-5-1/h1-8H,9H2;1-5,7H;5-6H,1-4H2. The van der Waals surface area contributed by atoms with Crippen molar-refractivity contribution in [1.82, 2.24) is 10.6 Å². The van der Waals surface area contributed by atoms with Crippen molar-refractivity contribution in [3.05, 3.63) is 90.0 Å². The van der Waals surface area contributed by atoms with Crippen LogP contribution in [0.3, 0.4) is 0 Å². The molecule has 2 heterocycles. The van der Waals surface area contributed by atoms with Gasteiger partial charge in [0.15, 0.2) is 0 Å². The third-order valence-electron chi connectivity index (χ3n) is 4.26. The van der Waals surface area contributed by atoms with Crippen LogP contribution in [0.2, 0.25) is 0 Å². The predicted molar refractivity (Wildman–Crippen MR) is 110 cm³/mol. The van der Waals surface area contributed by atoms with Gasteiger partial charge in [-0.1, -0.05) is 54.6 Å². The molecule has 5 rings (SSSR count). The summed E-state index contributed by atoms with van der Waals surface area (Å²) in [5.74, 6) is 2.31. The molecule has 140 valence electrons. The Morgan fingerprint density at radius 2 is 1.04 bits per heavy atom. The van der Waals surface area contributed by atoms with Crippen LogP contribution in [0.1, 0.15) is 11.1 Å². The van der Waals surface area contributed by atoms with Crippen molar-refractivity contribution in [2.45, 2.75) is 6.42 Å². The number of para-hydroxylation sites is 3. The Labute approximate surface area is 160 Å². The zero-order chi connectivity index (χ0) is 18.7. The number of aromatic hydroxyl groups is 1. The van der Waals surface area contributed by atoms with Gasteiger partial charge in [-0.05, 0) is 35.4 Å². The van der Waals surface area contributed by atoms with Crippen LogP contribution in [0.4, 0.5) is 0 Å². The number of hydrogen-bond acceptors (Lipinski definition) is 4. The Bertz CT molecular complexity index is 718. The Hall–Kier alpha value is -2.82. The van der Waals surface area contributed by atoms with Gasteiger partial charge in [-0.3, -0.25) is 0 Å². The van der Waals surface area contributed by atoms with Crippen LogP contribution in [0, 0.1) is 0 Å². The van der Waals surface area contributed by atoms with E-state index < -0.39 is 0 Å². The minimum atomic E-state index is 0.322. The van der Waals surface area contributed by atoms with E-state index in [0.717, 1.165) is 44.1 Å². The predicted octanol–water partition coefficient (Wildman–Crippen LogP) is 3.95. The second-order valence-electron chi connectivity index (χ2n) is 6.33. The topological polar surface area (TPSA) is 53.5 Å². The lowest BCUT2D eigenvalue weighted by Gasteiger charge is -2.19. The molecule has 0 aliphatic carbocycles. The molecule has 4 nitrogen and oxygen atoms in total. The number of nitrogens with one attached hydrogen (secondary N) is 2. The van der Waals surface area contributed by atoms with Crippen molar-refractivity contribution in [3.8, 4) is 17.2 Å². The van der Waals surface area contributed by atoms with Gasteiger partial charge in [0.05, 0.1) is 0 Å². The average Bonchev–Trinajstić information content (AvgIpc) is 2.75. The first-order valence-electron chi connectivity index (χ1n) is 9.32. The molecule has 4 heteroatoms. The van der Waals surface area contributed by atoms with Gasteiger partial charge in [0, 0.05) is 32.6 Å². The highest BCUT2D eigenvalue weighted by Crippen LogP contribution is 2.35. The molecule has 0 amide bonds. The van der Waals surface area contributed by atoms with Crippen LogP contribution in [-0.2, 0) is 6.42 Å². The molecule has 2 aliphatic heterocycles. The molecule has 0 radical (unpaired) electrons. The van der Waals surface area contributed by atoms with Gasteiger partial charge in [0.1, 0.15) is 17.2 Å². The van der Waals surface area contributed by atoms with E-state index in [2.05, 4.69) is 34.9 Å². The first kappa shape index (κ1) is 19.0. The highest BCUT2D eigenvalue weighted by molar-refractivity contribution is 5.49. The summed E-state index contributed by atoms with van der Waals surface area (Å²) in [6.45, 7) is 4.56. The highest BCUT2D eigenvalue weighted by atomic mass is 16.5. The van der Waals surface area contributed by atoms with E-state index in [0.29, 0.717) is 5.75 Å².